The highest BCUT2D eigenvalue weighted by atomic mass is 127. The van der Waals surface area contributed by atoms with Crippen molar-refractivity contribution in [3.63, 3.8) is 0 Å². The Morgan fingerprint density at radius 3 is 2.52 bits per heavy atom. The number of ether oxygens (including phenoxy) is 1. The lowest BCUT2D eigenvalue weighted by Gasteiger charge is -2.32. The van der Waals surface area contributed by atoms with Crippen LogP contribution in [0.5, 0.6) is 0 Å². The molecule has 2 rings (SSSR count). The van der Waals surface area contributed by atoms with E-state index in [0.29, 0.717) is 32.3 Å². The summed E-state index contributed by atoms with van der Waals surface area (Å²) in [5.41, 5.74) is 1.14. The van der Waals surface area contributed by atoms with Crippen molar-refractivity contribution >= 4 is 47.6 Å². The van der Waals surface area contributed by atoms with Gasteiger partial charge in [-0.25, -0.2) is 4.79 Å². The van der Waals surface area contributed by atoms with E-state index in [-0.39, 0.29) is 30.1 Å². The van der Waals surface area contributed by atoms with Crippen LogP contribution in [0.15, 0.2) is 29.3 Å². The van der Waals surface area contributed by atoms with Crippen LogP contribution in [0.1, 0.15) is 25.3 Å². The molecule has 0 saturated carbocycles. The van der Waals surface area contributed by atoms with Gasteiger partial charge in [-0.05, 0) is 37.5 Å². The lowest BCUT2D eigenvalue weighted by atomic mass is 10.1. The predicted molar refractivity (Wildman–Crippen MR) is 112 cm³/mol. The summed E-state index contributed by atoms with van der Waals surface area (Å²) >= 11 is 5.89. The van der Waals surface area contributed by atoms with Gasteiger partial charge in [-0.2, -0.15) is 0 Å². The molecule has 1 aliphatic rings. The van der Waals surface area contributed by atoms with Crippen molar-refractivity contribution in [2.45, 2.75) is 32.4 Å². The fourth-order valence-electron chi connectivity index (χ4n) is 2.60. The average Bonchev–Trinajstić information content (AvgIpc) is 2.60. The third kappa shape index (κ3) is 7.27. The fourth-order valence-corrected chi connectivity index (χ4v) is 2.72. The molecule has 0 aromatic heterocycles. The molecule has 0 radical (unpaired) electrons. The summed E-state index contributed by atoms with van der Waals surface area (Å²) in [6, 6.07) is 8.02. The molecule has 0 spiro atoms. The number of aliphatic imine (C=N–C) groups is 1. The van der Waals surface area contributed by atoms with Gasteiger partial charge in [0.25, 0.3) is 0 Å². The number of hydrogen-bond donors (Lipinski definition) is 2. The first kappa shape index (κ1) is 21.8. The van der Waals surface area contributed by atoms with Gasteiger partial charge in [0.1, 0.15) is 0 Å². The Bertz CT molecular complexity index is 560. The van der Waals surface area contributed by atoms with Crippen LogP contribution in [0.2, 0.25) is 5.02 Å². The number of hydrogen-bond acceptors (Lipinski definition) is 3. The maximum absolute atomic E-state index is 11.7. The van der Waals surface area contributed by atoms with Gasteiger partial charge in [0.15, 0.2) is 5.96 Å². The molecule has 1 amide bonds. The summed E-state index contributed by atoms with van der Waals surface area (Å²) in [6.07, 6.45) is 1.53. The van der Waals surface area contributed by atoms with Crippen LogP contribution in [0.4, 0.5) is 4.79 Å². The van der Waals surface area contributed by atoms with E-state index < -0.39 is 0 Å². The number of likely N-dealkylation sites (tertiary alicyclic amines) is 1. The molecule has 2 N–H and O–H groups in total. The summed E-state index contributed by atoms with van der Waals surface area (Å²) in [5.74, 6) is 0.763. The first-order valence-corrected chi connectivity index (χ1v) is 8.63. The highest BCUT2D eigenvalue weighted by molar-refractivity contribution is 14.0. The van der Waals surface area contributed by atoms with Crippen molar-refractivity contribution in [3.05, 3.63) is 34.9 Å². The summed E-state index contributed by atoms with van der Waals surface area (Å²) in [5, 5.41) is 7.44. The van der Waals surface area contributed by atoms with Crippen LogP contribution in [0, 0.1) is 0 Å². The average molecular weight is 481 g/mol. The van der Waals surface area contributed by atoms with E-state index in [9.17, 15) is 4.79 Å². The van der Waals surface area contributed by atoms with Gasteiger partial charge in [-0.3, -0.25) is 4.99 Å². The zero-order chi connectivity index (χ0) is 17.4. The van der Waals surface area contributed by atoms with Crippen LogP contribution < -0.4 is 10.6 Å². The highest BCUT2D eigenvalue weighted by Crippen LogP contribution is 2.12. The van der Waals surface area contributed by atoms with Crippen LogP contribution in [-0.2, 0) is 11.3 Å². The van der Waals surface area contributed by atoms with Gasteiger partial charge in [0.05, 0.1) is 6.61 Å². The third-order valence-corrected chi connectivity index (χ3v) is 4.21. The quantitative estimate of drug-likeness (QED) is 0.394. The smallest absolute Gasteiger partial charge is 0.409 e. The zero-order valence-electron chi connectivity index (χ0n) is 14.6. The largest absolute Gasteiger partial charge is 0.450 e. The van der Waals surface area contributed by atoms with Crippen LogP contribution >= 0.6 is 35.6 Å². The highest BCUT2D eigenvalue weighted by Gasteiger charge is 2.23. The maximum Gasteiger partial charge on any atom is 0.409 e. The fraction of sp³-hybridized carbons (Fsp3) is 0.529. The van der Waals surface area contributed by atoms with Gasteiger partial charge >= 0.3 is 6.09 Å². The number of rotatable bonds is 4. The Hall–Kier alpha value is -1.22. The number of nitrogens with one attached hydrogen (secondary N) is 2. The number of carbonyl (C=O) groups is 1. The molecule has 1 saturated heterocycles. The molecule has 1 aromatic rings. The Labute approximate surface area is 171 Å². The number of piperidine rings is 1. The van der Waals surface area contributed by atoms with E-state index in [2.05, 4.69) is 15.6 Å². The third-order valence-electron chi connectivity index (χ3n) is 3.96. The van der Waals surface area contributed by atoms with E-state index in [0.717, 1.165) is 29.4 Å². The summed E-state index contributed by atoms with van der Waals surface area (Å²) < 4.78 is 5.04. The molecule has 25 heavy (non-hydrogen) atoms. The Balaban J connectivity index is 0.00000312. The topological polar surface area (TPSA) is 66.0 Å². The maximum atomic E-state index is 11.7. The van der Waals surface area contributed by atoms with E-state index in [1.54, 1.807) is 11.9 Å². The summed E-state index contributed by atoms with van der Waals surface area (Å²) in [6.45, 7) is 4.31. The van der Waals surface area contributed by atoms with Crippen LogP contribution in [0.3, 0.4) is 0 Å². The van der Waals surface area contributed by atoms with E-state index in [1.807, 2.05) is 31.2 Å². The Kier molecular flexibility index (Phi) is 9.96. The molecule has 1 aromatic carbocycles. The minimum absolute atomic E-state index is 0. The number of guanidine groups is 1. The molecule has 0 bridgehead atoms. The van der Waals surface area contributed by atoms with Gasteiger partial charge in [-0.15, -0.1) is 24.0 Å². The molecule has 6 nitrogen and oxygen atoms in total. The van der Waals surface area contributed by atoms with Crippen molar-refractivity contribution in [1.29, 1.82) is 0 Å². The second kappa shape index (κ2) is 11.4. The monoisotopic (exact) mass is 480 g/mol. The second-order valence-corrected chi connectivity index (χ2v) is 6.09. The van der Waals surface area contributed by atoms with E-state index in [1.165, 1.54) is 0 Å². The molecule has 8 heteroatoms. The standard InChI is InChI=1S/C17H25ClN4O2.HI/c1-3-24-17(23)22-10-8-15(9-11-22)21-16(19-2)20-12-13-4-6-14(18)7-5-13;/h4-7,15H,3,8-12H2,1-2H3,(H2,19,20,21);1H. The molecule has 140 valence electrons. The lowest BCUT2D eigenvalue weighted by Crippen LogP contribution is -2.49. The molecule has 1 heterocycles. The van der Waals surface area contributed by atoms with Crippen molar-refractivity contribution in [2.75, 3.05) is 26.7 Å². The summed E-state index contributed by atoms with van der Waals surface area (Å²) in [4.78, 5) is 17.7. The molecule has 1 fully saturated rings. The minimum Gasteiger partial charge on any atom is -0.450 e. The number of halogens is 2. The van der Waals surface area contributed by atoms with Crippen molar-refractivity contribution in [3.8, 4) is 0 Å². The predicted octanol–water partition coefficient (Wildman–Crippen LogP) is 3.24. The van der Waals surface area contributed by atoms with Gasteiger partial charge in [-0.1, -0.05) is 23.7 Å². The lowest BCUT2D eigenvalue weighted by molar-refractivity contribution is 0.0963. The minimum atomic E-state index is -0.221. The Morgan fingerprint density at radius 2 is 1.96 bits per heavy atom. The number of benzene rings is 1. The van der Waals surface area contributed by atoms with Crippen molar-refractivity contribution in [2.24, 2.45) is 4.99 Å². The molecule has 0 unspecified atom stereocenters. The van der Waals surface area contributed by atoms with Gasteiger partial charge in [0, 0.05) is 37.7 Å². The number of amides is 1. The van der Waals surface area contributed by atoms with Crippen molar-refractivity contribution < 1.29 is 9.53 Å². The normalized spacial score (nSPS) is 15.3. The van der Waals surface area contributed by atoms with Crippen LogP contribution in [0.25, 0.3) is 0 Å². The van der Waals surface area contributed by atoms with Crippen LogP contribution in [-0.4, -0.2) is 49.7 Å². The molecular formula is C17H26ClIN4O2. The van der Waals surface area contributed by atoms with Crippen molar-refractivity contribution in [1.82, 2.24) is 15.5 Å². The number of carbonyl (C=O) groups excluding carboxylic acids is 1. The molecule has 0 atom stereocenters. The summed E-state index contributed by atoms with van der Waals surface area (Å²) in [7, 11) is 1.75. The second-order valence-electron chi connectivity index (χ2n) is 5.66. The molecular weight excluding hydrogens is 455 g/mol. The zero-order valence-corrected chi connectivity index (χ0v) is 17.7. The number of nitrogens with zero attached hydrogens (tertiary/aromatic N) is 2. The Morgan fingerprint density at radius 1 is 1.32 bits per heavy atom. The van der Waals surface area contributed by atoms with Gasteiger partial charge in [0.2, 0.25) is 0 Å². The van der Waals surface area contributed by atoms with E-state index >= 15 is 0 Å². The molecule has 1 aliphatic heterocycles. The van der Waals surface area contributed by atoms with E-state index in [4.69, 9.17) is 16.3 Å². The molecule has 0 aliphatic carbocycles. The van der Waals surface area contributed by atoms with Gasteiger partial charge < -0.3 is 20.3 Å². The SMILES string of the molecule is CCOC(=O)N1CCC(NC(=NC)NCc2ccc(Cl)cc2)CC1.I. The first-order valence-electron chi connectivity index (χ1n) is 8.25. The first-order chi connectivity index (χ1) is 11.6.